The first-order valence-electron chi connectivity index (χ1n) is 7.11. The molecule has 1 aromatic heterocycles. The van der Waals surface area contributed by atoms with Gasteiger partial charge in [0.2, 0.25) is 10.0 Å². The number of sulfonamides is 1. The zero-order chi connectivity index (χ0) is 16.2. The summed E-state index contributed by atoms with van der Waals surface area (Å²) in [7, 11) is 0.388. The first kappa shape index (κ1) is 16.7. The molecule has 0 saturated carbocycles. The van der Waals surface area contributed by atoms with Gasteiger partial charge in [-0.25, -0.2) is 13.1 Å². The summed E-state index contributed by atoms with van der Waals surface area (Å²) in [6.45, 7) is 2.19. The molecule has 1 atom stereocenters. The molecule has 6 heteroatoms. The molecule has 0 fully saturated rings. The average molecular weight is 322 g/mol. The fraction of sp³-hybridized carbons (Fsp3) is 0.375. The van der Waals surface area contributed by atoms with Crippen molar-refractivity contribution in [3.8, 4) is 0 Å². The van der Waals surface area contributed by atoms with Crippen LogP contribution in [-0.4, -0.2) is 34.0 Å². The second kappa shape index (κ2) is 7.09. The van der Waals surface area contributed by atoms with E-state index in [0.717, 1.165) is 16.9 Å². The van der Waals surface area contributed by atoms with Crippen molar-refractivity contribution in [1.82, 2.24) is 9.62 Å². The summed E-state index contributed by atoms with van der Waals surface area (Å²) in [5.41, 5.74) is 1.79. The Morgan fingerprint density at radius 1 is 1.18 bits per heavy atom. The molecule has 1 heterocycles. The number of rotatable bonds is 7. The van der Waals surface area contributed by atoms with E-state index in [1.54, 1.807) is 12.3 Å². The van der Waals surface area contributed by atoms with Gasteiger partial charge >= 0.3 is 0 Å². The minimum absolute atomic E-state index is 0.0159. The third-order valence-corrected chi connectivity index (χ3v) is 4.90. The zero-order valence-corrected chi connectivity index (χ0v) is 13.9. The van der Waals surface area contributed by atoms with Crippen LogP contribution in [-0.2, 0) is 15.8 Å². The van der Waals surface area contributed by atoms with E-state index in [4.69, 9.17) is 4.42 Å². The molecule has 0 bridgehead atoms. The molecule has 120 valence electrons. The molecule has 0 saturated heterocycles. The van der Waals surface area contributed by atoms with E-state index in [2.05, 4.69) is 4.72 Å². The van der Waals surface area contributed by atoms with Gasteiger partial charge in [0.25, 0.3) is 0 Å². The summed E-state index contributed by atoms with van der Waals surface area (Å²) >= 11 is 0. The van der Waals surface area contributed by atoms with E-state index in [-0.39, 0.29) is 18.3 Å². The fourth-order valence-corrected chi connectivity index (χ4v) is 3.50. The molecule has 0 amide bonds. The monoisotopic (exact) mass is 322 g/mol. The lowest BCUT2D eigenvalue weighted by atomic mass is 10.1. The molecule has 0 aliphatic rings. The van der Waals surface area contributed by atoms with Gasteiger partial charge in [0.1, 0.15) is 5.76 Å². The van der Waals surface area contributed by atoms with Crippen molar-refractivity contribution in [2.24, 2.45) is 0 Å². The van der Waals surface area contributed by atoms with E-state index in [1.165, 1.54) is 0 Å². The van der Waals surface area contributed by atoms with Crippen molar-refractivity contribution < 1.29 is 12.8 Å². The first-order valence-corrected chi connectivity index (χ1v) is 8.76. The third kappa shape index (κ3) is 4.43. The van der Waals surface area contributed by atoms with Crippen LogP contribution in [0.4, 0.5) is 0 Å². The van der Waals surface area contributed by atoms with Gasteiger partial charge in [0, 0.05) is 6.54 Å². The van der Waals surface area contributed by atoms with Crippen LogP contribution in [0.5, 0.6) is 0 Å². The lowest BCUT2D eigenvalue weighted by molar-refractivity contribution is 0.259. The quantitative estimate of drug-likeness (QED) is 0.850. The molecule has 5 nitrogen and oxygen atoms in total. The van der Waals surface area contributed by atoms with Crippen molar-refractivity contribution in [2.45, 2.75) is 18.7 Å². The Morgan fingerprint density at radius 3 is 2.50 bits per heavy atom. The van der Waals surface area contributed by atoms with E-state index in [1.807, 2.05) is 56.3 Å². The number of nitrogens with one attached hydrogen (secondary N) is 1. The lowest BCUT2D eigenvalue weighted by Gasteiger charge is -2.22. The normalized spacial score (nSPS) is 13.5. The molecule has 1 unspecified atom stereocenters. The van der Waals surface area contributed by atoms with Crippen LogP contribution in [0.25, 0.3) is 0 Å². The van der Waals surface area contributed by atoms with Crippen LogP contribution in [0.1, 0.15) is 22.9 Å². The highest BCUT2D eigenvalue weighted by Crippen LogP contribution is 2.18. The van der Waals surface area contributed by atoms with Gasteiger partial charge in [0.05, 0.1) is 18.1 Å². The van der Waals surface area contributed by atoms with E-state index in [9.17, 15) is 8.42 Å². The third-order valence-electron chi connectivity index (χ3n) is 3.60. The molecular formula is C16H22N2O3S. The minimum atomic E-state index is -3.40. The Bertz CT molecular complexity index is 694. The molecular weight excluding hydrogens is 300 g/mol. The SMILES string of the molecule is Cc1ccccc1CS(=O)(=O)NCC(c1ccco1)N(C)C. The van der Waals surface area contributed by atoms with Crippen molar-refractivity contribution >= 4 is 10.0 Å². The van der Waals surface area contributed by atoms with Crippen LogP contribution in [0.2, 0.25) is 0 Å². The Morgan fingerprint density at radius 2 is 1.91 bits per heavy atom. The molecule has 22 heavy (non-hydrogen) atoms. The Kier molecular flexibility index (Phi) is 5.39. The maximum absolute atomic E-state index is 12.3. The summed E-state index contributed by atoms with van der Waals surface area (Å²) in [5, 5.41) is 0. The lowest BCUT2D eigenvalue weighted by Crippen LogP contribution is -2.35. The second-order valence-corrected chi connectivity index (χ2v) is 7.34. The number of likely N-dealkylation sites (N-methyl/N-ethyl adjacent to an activating group) is 1. The molecule has 0 aliphatic carbocycles. The van der Waals surface area contributed by atoms with Crippen molar-refractivity contribution in [3.63, 3.8) is 0 Å². The van der Waals surface area contributed by atoms with Gasteiger partial charge in [-0.3, -0.25) is 4.90 Å². The minimum Gasteiger partial charge on any atom is -0.468 e. The largest absolute Gasteiger partial charge is 0.468 e. The van der Waals surface area contributed by atoms with Crippen molar-refractivity contribution in [1.29, 1.82) is 0 Å². The Labute approximate surface area is 132 Å². The van der Waals surface area contributed by atoms with Crippen LogP contribution in [0.15, 0.2) is 47.1 Å². The number of benzene rings is 1. The number of nitrogens with zero attached hydrogens (tertiary/aromatic N) is 1. The van der Waals surface area contributed by atoms with Crippen LogP contribution >= 0.6 is 0 Å². The molecule has 0 spiro atoms. The van der Waals surface area contributed by atoms with Gasteiger partial charge in [0.15, 0.2) is 0 Å². The van der Waals surface area contributed by atoms with E-state index in [0.29, 0.717) is 0 Å². The summed E-state index contributed by atoms with van der Waals surface area (Å²) in [6, 6.07) is 11.0. The van der Waals surface area contributed by atoms with Gasteiger partial charge in [-0.1, -0.05) is 24.3 Å². The predicted octanol–water partition coefficient (Wildman–Crippen LogP) is 2.31. The predicted molar refractivity (Wildman–Crippen MR) is 86.9 cm³/mol. The summed E-state index contributed by atoms with van der Waals surface area (Å²) in [4.78, 5) is 1.93. The van der Waals surface area contributed by atoms with E-state index >= 15 is 0 Å². The molecule has 0 radical (unpaired) electrons. The summed E-state index contributed by atoms with van der Waals surface area (Å²) in [5.74, 6) is 0.724. The van der Waals surface area contributed by atoms with Gasteiger partial charge in [-0.05, 0) is 44.3 Å². The Hall–Kier alpha value is -1.63. The average Bonchev–Trinajstić information content (AvgIpc) is 2.95. The summed E-state index contributed by atoms with van der Waals surface area (Å²) in [6.07, 6.45) is 1.59. The van der Waals surface area contributed by atoms with Crippen LogP contribution < -0.4 is 4.72 Å². The maximum atomic E-state index is 12.3. The number of furan rings is 1. The zero-order valence-electron chi connectivity index (χ0n) is 13.1. The number of aryl methyl sites for hydroxylation is 1. The highest BCUT2D eigenvalue weighted by Gasteiger charge is 2.20. The Balaban J connectivity index is 2.04. The van der Waals surface area contributed by atoms with Crippen LogP contribution in [0.3, 0.4) is 0 Å². The smallest absolute Gasteiger partial charge is 0.215 e. The highest BCUT2D eigenvalue weighted by molar-refractivity contribution is 7.88. The molecule has 2 aromatic rings. The molecule has 2 rings (SSSR count). The molecule has 1 aromatic carbocycles. The van der Waals surface area contributed by atoms with Gasteiger partial charge in [-0.2, -0.15) is 0 Å². The topological polar surface area (TPSA) is 62.6 Å². The van der Waals surface area contributed by atoms with Crippen LogP contribution in [0, 0.1) is 6.92 Å². The highest BCUT2D eigenvalue weighted by atomic mass is 32.2. The standard InChI is InChI=1S/C16H22N2O3S/c1-13-7-4-5-8-14(13)12-22(19,20)17-11-15(18(2)3)16-9-6-10-21-16/h4-10,15,17H,11-12H2,1-3H3. The summed E-state index contributed by atoms with van der Waals surface area (Å²) < 4.78 is 32.6. The maximum Gasteiger partial charge on any atom is 0.215 e. The van der Waals surface area contributed by atoms with E-state index < -0.39 is 10.0 Å². The molecule has 1 N–H and O–H groups in total. The fourth-order valence-electron chi connectivity index (χ4n) is 2.25. The number of hydrogen-bond donors (Lipinski definition) is 1. The molecule has 0 aliphatic heterocycles. The first-order chi connectivity index (χ1) is 10.4. The van der Waals surface area contributed by atoms with Crippen molar-refractivity contribution in [3.05, 3.63) is 59.5 Å². The number of hydrogen-bond acceptors (Lipinski definition) is 4. The second-order valence-electron chi connectivity index (χ2n) is 5.53. The van der Waals surface area contributed by atoms with Gasteiger partial charge < -0.3 is 4.42 Å². The van der Waals surface area contributed by atoms with Gasteiger partial charge in [-0.15, -0.1) is 0 Å². The van der Waals surface area contributed by atoms with Crippen molar-refractivity contribution in [2.75, 3.05) is 20.6 Å².